The third-order valence-electron chi connectivity index (χ3n) is 3.65. The number of fused-ring (bicyclic) bond motifs is 1. The Hall–Kier alpha value is -1.39. The van der Waals surface area contributed by atoms with Gasteiger partial charge < -0.3 is 14.2 Å². The molecule has 2 heterocycles. The molecule has 4 nitrogen and oxygen atoms in total. The lowest BCUT2D eigenvalue weighted by atomic mass is 9.81. The van der Waals surface area contributed by atoms with Gasteiger partial charge in [0, 0.05) is 19.0 Å². The number of pyridine rings is 1. The van der Waals surface area contributed by atoms with Crippen molar-refractivity contribution in [3.05, 3.63) is 35.8 Å². The first-order valence-corrected chi connectivity index (χ1v) is 6.56. The fraction of sp³-hybridized carbons (Fsp3) is 0.500. The average molecular weight is 246 g/mol. The Morgan fingerprint density at radius 1 is 1.44 bits per heavy atom. The van der Waals surface area contributed by atoms with Crippen LogP contribution in [0.15, 0.2) is 24.5 Å². The van der Waals surface area contributed by atoms with E-state index >= 15 is 0 Å². The summed E-state index contributed by atoms with van der Waals surface area (Å²) >= 11 is 0. The SMILES string of the molecule is CCOC(O)c1cn2cc(C3CCC3)ccc2n1. The third kappa shape index (κ3) is 2.02. The zero-order valence-corrected chi connectivity index (χ0v) is 10.5. The van der Waals surface area contributed by atoms with Gasteiger partial charge in [0.05, 0.1) is 0 Å². The summed E-state index contributed by atoms with van der Waals surface area (Å²) in [4.78, 5) is 4.36. The van der Waals surface area contributed by atoms with Gasteiger partial charge in [0.2, 0.25) is 0 Å². The molecule has 3 rings (SSSR count). The number of hydrogen-bond donors (Lipinski definition) is 1. The molecule has 96 valence electrons. The molecule has 0 spiro atoms. The summed E-state index contributed by atoms with van der Waals surface area (Å²) in [6.07, 6.45) is 6.94. The molecule has 0 amide bonds. The lowest BCUT2D eigenvalue weighted by Gasteiger charge is -2.25. The normalized spacial score (nSPS) is 17.9. The molecule has 1 fully saturated rings. The van der Waals surface area contributed by atoms with Gasteiger partial charge in [-0.1, -0.05) is 12.5 Å². The number of imidazole rings is 1. The van der Waals surface area contributed by atoms with Crippen molar-refractivity contribution in [1.29, 1.82) is 0 Å². The summed E-state index contributed by atoms with van der Waals surface area (Å²) in [5.41, 5.74) is 2.79. The van der Waals surface area contributed by atoms with Gasteiger partial charge in [-0.15, -0.1) is 0 Å². The maximum Gasteiger partial charge on any atom is 0.200 e. The van der Waals surface area contributed by atoms with Crippen LogP contribution in [0, 0.1) is 0 Å². The number of ether oxygens (including phenoxy) is 1. The first kappa shape index (κ1) is 11.7. The second-order valence-electron chi connectivity index (χ2n) is 4.83. The standard InChI is InChI=1S/C14H18N2O2/c1-2-18-14(17)12-9-16-8-11(10-4-3-5-10)6-7-13(16)15-12/h6-10,14,17H,2-5H2,1H3. The van der Waals surface area contributed by atoms with E-state index < -0.39 is 6.29 Å². The number of aliphatic hydroxyl groups excluding tert-OH is 1. The molecule has 1 atom stereocenters. The highest BCUT2D eigenvalue weighted by Crippen LogP contribution is 2.36. The maximum absolute atomic E-state index is 9.76. The second kappa shape index (κ2) is 4.71. The van der Waals surface area contributed by atoms with Crippen molar-refractivity contribution < 1.29 is 9.84 Å². The fourth-order valence-corrected chi connectivity index (χ4v) is 2.37. The summed E-state index contributed by atoms with van der Waals surface area (Å²) < 4.78 is 7.12. The minimum atomic E-state index is -0.929. The zero-order chi connectivity index (χ0) is 12.5. The highest BCUT2D eigenvalue weighted by atomic mass is 16.6. The van der Waals surface area contributed by atoms with Crippen molar-refractivity contribution in [2.45, 2.75) is 38.4 Å². The first-order chi connectivity index (χ1) is 8.78. The molecule has 18 heavy (non-hydrogen) atoms. The van der Waals surface area contributed by atoms with E-state index in [9.17, 15) is 5.11 Å². The van der Waals surface area contributed by atoms with Crippen LogP contribution in [0.3, 0.4) is 0 Å². The lowest BCUT2D eigenvalue weighted by Crippen LogP contribution is -2.09. The smallest absolute Gasteiger partial charge is 0.200 e. The minimum Gasteiger partial charge on any atom is -0.363 e. The Balaban J connectivity index is 1.91. The Labute approximate surface area is 106 Å². The van der Waals surface area contributed by atoms with Crippen molar-refractivity contribution in [3.8, 4) is 0 Å². The summed E-state index contributed by atoms with van der Waals surface area (Å²) in [7, 11) is 0. The van der Waals surface area contributed by atoms with Crippen LogP contribution in [-0.4, -0.2) is 21.1 Å². The largest absolute Gasteiger partial charge is 0.363 e. The lowest BCUT2D eigenvalue weighted by molar-refractivity contribution is -0.100. The van der Waals surface area contributed by atoms with E-state index in [1.54, 1.807) is 0 Å². The highest BCUT2D eigenvalue weighted by molar-refractivity contribution is 5.42. The Morgan fingerprint density at radius 3 is 2.94 bits per heavy atom. The molecule has 4 heteroatoms. The topological polar surface area (TPSA) is 46.8 Å². The van der Waals surface area contributed by atoms with Crippen molar-refractivity contribution >= 4 is 5.65 Å². The predicted molar refractivity (Wildman–Crippen MR) is 68.4 cm³/mol. The molecule has 0 bridgehead atoms. The van der Waals surface area contributed by atoms with Crippen LogP contribution < -0.4 is 0 Å². The monoisotopic (exact) mass is 246 g/mol. The first-order valence-electron chi connectivity index (χ1n) is 6.56. The van der Waals surface area contributed by atoms with Gasteiger partial charge in [-0.3, -0.25) is 0 Å². The van der Waals surface area contributed by atoms with Crippen LogP contribution in [0.2, 0.25) is 0 Å². The molecule has 2 aromatic rings. The summed E-state index contributed by atoms with van der Waals surface area (Å²) in [6.45, 7) is 2.33. The van der Waals surface area contributed by atoms with Gasteiger partial charge >= 0.3 is 0 Å². The van der Waals surface area contributed by atoms with Crippen molar-refractivity contribution in [3.63, 3.8) is 0 Å². The molecular weight excluding hydrogens is 228 g/mol. The van der Waals surface area contributed by atoms with Gasteiger partial charge in [0.15, 0.2) is 6.29 Å². The molecule has 1 unspecified atom stereocenters. The summed E-state index contributed by atoms with van der Waals surface area (Å²) in [5, 5.41) is 9.76. The Morgan fingerprint density at radius 2 is 2.28 bits per heavy atom. The summed E-state index contributed by atoms with van der Waals surface area (Å²) in [6, 6.07) is 4.15. The highest BCUT2D eigenvalue weighted by Gasteiger charge is 2.20. The Bertz CT molecular complexity index is 546. The molecule has 0 aliphatic heterocycles. The van der Waals surface area contributed by atoms with E-state index in [-0.39, 0.29) is 0 Å². The molecule has 0 aromatic carbocycles. The fourth-order valence-electron chi connectivity index (χ4n) is 2.37. The predicted octanol–water partition coefficient (Wildman–Crippen LogP) is 2.63. The van der Waals surface area contributed by atoms with E-state index in [2.05, 4.69) is 17.2 Å². The molecule has 1 saturated carbocycles. The minimum absolute atomic E-state index is 0.475. The van der Waals surface area contributed by atoms with Crippen molar-refractivity contribution in [1.82, 2.24) is 9.38 Å². The van der Waals surface area contributed by atoms with Crippen LogP contribution in [-0.2, 0) is 4.74 Å². The van der Waals surface area contributed by atoms with Crippen LogP contribution in [0.5, 0.6) is 0 Å². The molecule has 2 aromatic heterocycles. The molecular formula is C14H18N2O2. The average Bonchev–Trinajstić information content (AvgIpc) is 2.70. The van der Waals surface area contributed by atoms with Crippen molar-refractivity contribution in [2.75, 3.05) is 6.61 Å². The maximum atomic E-state index is 9.76. The Kier molecular flexibility index (Phi) is 3.06. The van der Waals surface area contributed by atoms with E-state index in [0.29, 0.717) is 18.2 Å². The molecule has 0 saturated heterocycles. The molecule has 1 aliphatic carbocycles. The third-order valence-corrected chi connectivity index (χ3v) is 3.65. The van der Waals surface area contributed by atoms with E-state index in [1.165, 1.54) is 24.8 Å². The van der Waals surface area contributed by atoms with Gasteiger partial charge in [-0.2, -0.15) is 0 Å². The summed E-state index contributed by atoms with van der Waals surface area (Å²) in [5.74, 6) is 0.706. The van der Waals surface area contributed by atoms with E-state index in [0.717, 1.165) is 5.65 Å². The van der Waals surface area contributed by atoms with Crippen LogP contribution in [0.4, 0.5) is 0 Å². The van der Waals surface area contributed by atoms with Gasteiger partial charge in [-0.05, 0) is 37.3 Å². The van der Waals surface area contributed by atoms with Crippen LogP contribution in [0.25, 0.3) is 5.65 Å². The molecule has 1 N–H and O–H groups in total. The van der Waals surface area contributed by atoms with Gasteiger partial charge in [0.25, 0.3) is 0 Å². The molecule has 1 aliphatic rings. The number of aliphatic hydroxyl groups is 1. The second-order valence-corrected chi connectivity index (χ2v) is 4.83. The number of rotatable bonds is 4. The number of hydrogen-bond acceptors (Lipinski definition) is 3. The quantitative estimate of drug-likeness (QED) is 0.843. The molecule has 0 radical (unpaired) electrons. The van der Waals surface area contributed by atoms with Gasteiger partial charge in [-0.25, -0.2) is 4.98 Å². The van der Waals surface area contributed by atoms with E-state index in [4.69, 9.17) is 4.74 Å². The van der Waals surface area contributed by atoms with Crippen molar-refractivity contribution in [2.24, 2.45) is 0 Å². The van der Waals surface area contributed by atoms with E-state index in [1.807, 2.05) is 23.6 Å². The zero-order valence-electron chi connectivity index (χ0n) is 10.5. The number of nitrogens with zero attached hydrogens (tertiary/aromatic N) is 2. The van der Waals surface area contributed by atoms with Crippen LogP contribution in [0.1, 0.15) is 49.7 Å². The van der Waals surface area contributed by atoms with Gasteiger partial charge in [0.1, 0.15) is 11.3 Å². The van der Waals surface area contributed by atoms with Crippen LogP contribution >= 0.6 is 0 Å². The number of aromatic nitrogens is 2.